The lowest BCUT2D eigenvalue weighted by atomic mass is 9.79. The molecule has 0 saturated heterocycles. The van der Waals surface area contributed by atoms with E-state index < -0.39 is 12.0 Å². The van der Waals surface area contributed by atoms with Gasteiger partial charge in [0, 0.05) is 5.69 Å². The van der Waals surface area contributed by atoms with Crippen LogP contribution < -0.4 is 5.32 Å². The number of aliphatic carboxylic acids is 1. The Labute approximate surface area is 112 Å². The number of hydrogen-bond donors (Lipinski definition) is 2. The fourth-order valence-electron chi connectivity index (χ4n) is 2.73. The molecule has 4 heteroatoms. The van der Waals surface area contributed by atoms with Gasteiger partial charge in [0.05, 0.1) is 0 Å². The molecule has 0 heterocycles. The van der Waals surface area contributed by atoms with E-state index in [-0.39, 0.29) is 11.7 Å². The zero-order valence-corrected chi connectivity index (χ0v) is 11.1. The summed E-state index contributed by atoms with van der Waals surface area (Å²) in [7, 11) is 0. The molecule has 1 saturated carbocycles. The van der Waals surface area contributed by atoms with Crippen LogP contribution >= 0.6 is 0 Å². The molecule has 0 radical (unpaired) electrons. The molecular weight excluding hydrogens is 245 g/mol. The highest BCUT2D eigenvalue weighted by Crippen LogP contribution is 2.31. The van der Waals surface area contributed by atoms with Gasteiger partial charge in [0.1, 0.15) is 11.9 Å². The van der Waals surface area contributed by atoms with Crippen LogP contribution in [0.15, 0.2) is 24.3 Å². The molecule has 1 aromatic carbocycles. The van der Waals surface area contributed by atoms with Gasteiger partial charge >= 0.3 is 5.97 Å². The van der Waals surface area contributed by atoms with E-state index in [4.69, 9.17) is 0 Å². The number of carboxylic acid groups (broad SMARTS) is 1. The Hall–Kier alpha value is -1.58. The van der Waals surface area contributed by atoms with Crippen LogP contribution in [-0.2, 0) is 4.79 Å². The van der Waals surface area contributed by atoms with Crippen molar-refractivity contribution in [2.24, 2.45) is 11.8 Å². The van der Waals surface area contributed by atoms with Gasteiger partial charge in [0.15, 0.2) is 0 Å². The molecule has 0 spiro atoms. The maximum atomic E-state index is 12.8. The van der Waals surface area contributed by atoms with Crippen LogP contribution in [0.4, 0.5) is 10.1 Å². The summed E-state index contributed by atoms with van der Waals surface area (Å²) in [6, 6.07) is 5.25. The number of rotatable bonds is 4. The Balaban J connectivity index is 2.04. The van der Waals surface area contributed by atoms with Crippen molar-refractivity contribution in [3.63, 3.8) is 0 Å². The molecule has 0 amide bonds. The highest BCUT2D eigenvalue weighted by atomic mass is 19.1. The van der Waals surface area contributed by atoms with Gasteiger partial charge in [-0.3, -0.25) is 0 Å². The number of nitrogens with one attached hydrogen (secondary N) is 1. The van der Waals surface area contributed by atoms with Crippen molar-refractivity contribution < 1.29 is 14.3 Å². The van der Waals surface area contributed by atoms with E-state index in [0.717, 1.165) is 25.7 Å². The van der Waals surface area contributed by atoms with E-state index in [0.29, 0.717) is 11.6 Å². The molecule has 1 aliphatic rings. The molecule has 1 unspecified atom stereocenters. The molecule has 0 aliphatic heterocycles. The van der Waals surface area contributed by atoms with Crippen LogP contribution in [-0.4, -0.2) is 17.1 Å². The Kier molecular flexibility index (Phi) is 4.40. The summed E-state index contributed by atoms with van der Waals surface area (Å²) in [6.45, 7) is 2.21. The van der Waals surface area contributed by atoms with Crippen molar-refractivity contribution in [1.29, 1.82) is 0 Å². The zero-order valence-electron chi connectivity index (χ0n) is 11.1. The zero-order chi connectivity index (χ0) is 13.8. The quantitative estimate of drug-likeness (QED) is 0.875. The van der Waals surface area contributed by atoms with Crippen molar-refractivity contribution in [2.75, 3.05) is 5.32 Å². The molecule has 1 aromatic rings. The molecule has 1 atom stereocenters. The molecular formula is C15H20FNO2. The highest BCUT2D eigenvalue weighted by molar-refractivity contribution is 5.77. The minimum absolute atomic E-state index is 0.152. The van der Waals surface area contributed by atoms with Crippen LogP contribution in [0.1, 0.15) is 32.6 Å². The number of hydrogen-bond acceptors (Lipinski definition) is 2. The second-order valence-corrected chi connectivity index (χ2v) is 5.49. The maximum Gasteiger partial charge on any atom is 0.326 e. The monoisotopic (exact) mass is 265 g/mol. The smallest absolute Gasteiger partial charge is 0.326 e. The molecule has 19 heavy (non-hydrogen) atoms. The normalized spacial score (nSPS) is 24.7. The fourth-order valence-corrected chi connectivity index (χ4v) is 2.73. The molecule has 0 bridgehead atoms. The van der Waals surface area contributed by atoms with Crippen molar-refractivity contribution in [3.05, 3.63) is 30.1 Å². The third-order valence-electron chi connectivity index (χ3n) is 3.96. The lowest BCUT2D eigenvalue weighted by molar-refractivity contribution is -0.139. The predicted molar refractivity (Wildman–Crippen MR) is 72.6 cm³/mol. The Morgan fingerprint density at radius 1 is 1.26 bits per heavy atom. The molecule has 2 rings (SSSR count). The second kappa shape index (κ2) is 6.04. The first-order valence-corrected chi connectivity index (χ1v) is 6.81. The summed E-state index contributed by atoms with van der Waals surface area (Å²) >= 11 is 0. The average Bonchev–Trinajstić information content (AvgIpc) is 2.39. The Morgan fingerprint density at radius 3 is 2.37 bits per heavy atom. The minimum Gasteiger partial charge on any atom is -0.480 e. The number of anilines is 1. The number of carboxylic acids is 1. The van der Waals surface area contributed by atoms with Crippen molar-refractivity contribution >= 4 is 11.7 Å². The topological polar surface area (TPSA) is 49.3 Å². The SMILES string of the molecule is CC1CCC(C(Nc2ccc(F)cc2)C(=O)O)CC1. The fraction of sp³-hybridized carbons (Fsp3) is 0.533. The first kappa shape index (κ1) is 13.8. The van der Waals surface area contributed by atoms with E-state index in [9.17, 15) is 14.3 Å². The summed E-state index contributed by atoms with van der Waals surface area (Å²) in [5.74, 6) is -0.303. The summed E-state index contributed by atoms with van der Waals surface area (Å²) in [6.07, 6.45) is 4.04. The molecule has 1 aliphatic carbocycles. The predicted octanol–water partition coefficient (Wildman–Crippen LogP) is 3.52. The van der Waals surface area contributed by atoms with Gasteiger partial charge in [0.2, 0.25) is 0 Å². The van der Waals surface area contributed by atoms with Gasteiger partial charge in [0.25, 0.3) is 0 Å². The van der Waals surface area contributed by atoms with Crippen molar-refractivity contribution in [2.45, 2.75) is 38.6 Å². The average molecular weight is 265 g/mol. The van der Waals surface area contributed by atoms with E-state index >= 15 is 0 Å². The third-order valence-corrected chi connectivity index (χ3v) is 3.96. The molecule has 3 nitrogen and oxygen atoms in total. The van der Waals surface area contributed by atoms with Crippen molar-refractivity contribution in [3.8, 4) is 0 Å². The van der Waals surface area contributed by atoms with Crippen LogP contribution in [0.2, 0.25) is 0 Å². The van der Waals surface area contributed by atoms with E-state index in [1.165, 1.54) is 12.1 Å². The minimum atomic E-state index is -0.830. The van der Waals surface area contributed by atoms with E-state index in [1.807, 2.05) is 0 Å². The maximum absolute atomic E-state index is 12.8. The van der Waals surface area contributed by atoms with E-state index in [1.54, 1.807) is 12.1 Å². The van der Waals surface area contributed by atoms with Crippen LogP contribution in [0.3, 0.4) is 0 Å². The number of halogens is 1. The molecule has 2 N–H and O–H groups in total. The summed E-state index contributed by atoms with van der Waals surface area (Å²) in [4.78, 5) is 11.4. The number of carbonyl (C=O) groups is 1. The van der Waals surface area contributed by atoms with Gasteiger partial charge in [-0.1, -0.05) is 19.8 Å². The van der Waals surface area contributed by atoms with Crippen LogP contribution in [0.25, 0.3) is 0 Å². The van der Waals surface area contributed by atoms with Gasteiger partial charge in [-0.25, -0.2) is 9.18 Å². The van der Waals surface area contributed by atoms with Gasteiger partial charge in [-0.15, -0.1) is 0 Å². The molecule has 0 aromatic heterocycles. The van der Waals surface area contributed by atoms with Gasteiger partial charge in [-0.2, -0.15) is 0 Å². The second-order valence-electron chi connectivity index (χ2n) is 5.49. The van der Waals surface area contributed by atoms with Gasteiger partial charge in [-0.05, 0) is 48.9 Å². The Morgan fingerprint density at radius 2 is 1.84 bits per heavy atom. The molecule has 1 fully saturated rings. The first-order valence-electron chi connectivity index (χ1n) is 6.81. The van der Waals surface area contributed by atoms with Crippen LogP contribution in [0.5, 0.6) is 0 Å². The summed E-state index contributed by atoms with van der Waals surface area (Å²) in [5.41, 5.74) is 0.660. The third kappa shape index (κ3) is 3.69. The van der Waals surface area contributed by atoms with Gasteiger partial charge < -0.3 is 10.4 Å². The standard InChI is InChI=1S/C15H20FNO2/c1-10-2-4-11(5-3-10)14(15(18)19)17-13-8-6-12(16)7-9-13/h6-11,14,17H,2-5H2,1H3,(H,18,19). The highest BCUT2D eigenvalue weighted by Gasteiger charge is 2.30. The summed E-state index contributed by atoms with van der Waals surface area (Å²) in [5, 5.41) is 12.4. The lowest BCUT2D eigenvalue weighted by Crippen LogP contribution is -2.38. The lowest BCUT2D eigenvalue weighted by Gasteiger charge is -2.31. The largest absolute Gasteiger partial charge is 0.480 e. The molecule has 104 valence electrons. The number of benzene rings is 1. The summed E-state index contributed by atoms with van der Waals surface area (Å²) < 4.78 is 12.8. The van der Waals surface area contributed by atoms with Crippen molar-refractivity contribution in [1.82, 2.24) is 0 Å². The first-order chi connectivity index (χ1) is 9.06. The van der Waals surface area contributed by atoms with Crippen LogP contribution in [0, 0.1) is 17.7 Å². The Bertz CT molecular complexity index is 424. The van der Waals surface area contributed by atoms with E-state index in [2.05, 4.69) is 12.2 Å².